The van der Waals surface area contributed by atoms with Gasteiger partial charge in [0.1, 0.15) is 0 Å². The predicted molar refractivity (Wildman–Crippen MR) is 64.5 cm³/mol. The first-order valence-electron chi connectivity index (χ1n) is 5.46. The molecule has 0 saturated carbocycles. The third-order valence-corrected chi connectivity index (χ3v) is 3.31. The van der Waals surface area contributed by atoms with Crippen molar-refractivity contribution in [2.45, 2.75) is 46.1 Å². The summed E-state index contributed by atoms with van der Waals surface area (Å²) in [5.74, 6) is 2.15. The van der Waals surface area contributed by atoms with Crippen molar-refractivity contribution in [3.05, 3.63) is 0 Å². The van der Waals surface area contributed by atoms with E-state index in [0.717, 1.165) is 5.92 Å². The topological polar surface area (TPSA) is 12.0 Å². The molecule has 0 aliphatic rings. The first kappa shape index (κ1) is 13.3. The van der Waals surface area contributed by atoms with E-state index in [9.17, 15) is 0 Å². The normalized spacial score (nSPS) is 13.6. The van der Waals surface area contributed by atoms with Crippen LogP contribution in [0.3, 0.4) is 0 Å². The van der Waals surface area contributed by atoms with Gasteiger partial charge in [-0.05, 0) is 37.8 Å². The molecule has 0 spiro atoms. The first-order valence-corrected chi connectivity index (χ1v) is 6.86. The minimum atomic E-state index is 0.688. The molecule has 0 saturated heterocycles. The molecule has 0 aromatic carbocycles. The first-order chi connectivity index (χ1) is 6.24. The molecule has 0 aliphatic carbocycles. The average molecular weight is 203 g/mol. The zero-order chi connectivity index (χ0) is 10.1. The van der Waals surface area contributed by atoms with Gasteiger partial charge in [-0.1, -0.05) is 26.7 Å². The average Bonchev–Trinajstić information content (AvgIpc) is 2.16. The van der Waals surface area contributed by atoms with Crippen LogP contribution in [0.2, 0.25) is 0 Å². The van der Waals surface area contributed by atoms with E-state index in [0.29, 0.717) is 6.04 Å². The molecule has 0 aromatic heterocycles. The molecule has 1 nitrogen and oxygen atoms in total. The molecule has 80 valence electrons. The lowest BCUT2D eigenvalue weighted by Crippen LogP contribution is -2.31. The SMILES string of the molecule is CCC(CC)CNC(C)CCSC. The monoisotopic (exact) mass is 203 g/mol. The van der Waals surface area contributed by atoms with Crippen LogP contribution in [0.25, 0.3) is 0 Å². The molecule has 1 unspecified atom stereocenters. The Morgan fingerprint density at radius 3 is 2.31 bits per heavy atom. The lowest BCUT2D eigenvalue weighted by molar-refractivity contribution is 0.414. The lowest BCUT2D eigenvalue weighted by atomic mass is 10.0. The molecule has 1 N–H and O–H groups in total. The summed E-state index contributed by atoms with van der Waals surface area (Å²) in [7, 11) is 0. The van der Waals surface area contributed by atoms with Gasteiger partial charge in [0.2, 0.25) is 0 Å². The van der Waals surface area contributed by atoms with Crippen molar-refractivity contribution in [1.82, 2.24) is 5.32 Å². The number of nitrogens with one attached hydrogen (secondary N) is 1. The van der Waals surface area contributed by atoms with Gasteiger partial charge in [0, 0.05) is 6.04 Å². The van der Waals surface area contributed by atoms with E-state index < -0.39 is 0 Å². The Balaban J connectivity index is 3.38. The summed E-state index contributed by atoms with van der Waals surface area (Å²) >= 11 is 1.94. The van der Waals surface area contributed by atoms with Crippen molar-refractivity contribution in [2.75, 3.05) is 18.6 Å². The van der Waals surface area contributed by atoms with Gasteiger partial charge in [-0.15, -0.1) is 0 Å². The van der Waals surface area contributed by atoms with Crippen LogP contribution in [0.1, 0.15) is 40.0 Å². The third kappa shape index (κ3) is 7.39. The largest absolute Gasteiger partial charge is 0.314 e. The Bertz CT molecular complexity index is 102. The minimum Gasteiger partial charge on any atom is -0.314 e. The molecule has 0 heterocycles. The van der Waals surface area contributed by atoms with Gasteiger partial charge in [0.15, 0.2) is 0 Å². The number of hydrogen-bond acceptors (Lipinski definition) is 2. The summed E-state index contributed by atoms with van der Waals surface area (Å²) in [6.45, 7) is 8.05. The van der Waals surface area contributed by atoms with E-state index >= 15 is 0 Å². The fraction of sp³-hybridized carbons (Fsp3) is 1.00. The fourth-order valence-corrected chi connectivity index (χ4v) is 1.93. The van der Waals surface area contributed by atoms with Crippen LogP contribution in [0.5, 0.6) is 0 Å². The number of rotatable bonds is 8. The number of thioether (sulfide) groups is 1. The summed E-state index contributed by atoms with van der Waals surface area (Å²) in [4.78, 5) is 0. The van der Waals surface area contributed by atoms with Crippen molar-refractivity contribution < 1.29 is 0 Å². The summed E-state index contributed by atoms with van der Waals surface area (Å²) in [6.07, 6.45) is 6.08. The highest BCUT2D eigenvalue weighted by Gasteiger charge is 2.05. The van der Waals surface area contributed by atoms with Crippen LogP contribution >= 0.6 is 11.8 Å². The third-order valence-electron chi connectivity index (χ3n) is 2.66. The van der Waals surface area contributed by atoms with E-state index in [1.807, 2.05) is 11.8 Å². The molecule has 13 heavy (non-hydrogen) atoms. The molecule has 0 rings (SSSR count). The molecular weight excluding hydrogens is 178 g/mol. The molecule has 1 atom stereocenters. The van der Waals surface area contributed by atoms with E-state index in [4.69, 9.17) is 0 Å². The maximum atomic E-state index is 3.61. The van der Waals surface area contributed by atoms with Gasteiger partial charge < -0.3 is 5.32 Å². The van der Waals surface area contributed by atoms with Crippen LogP contribution in [-0.4, -0.2) is 24.6 Å². The smallest absolute Gasteiger partial charge is 0.00466 e. The second-order valence-electron chi connectivity index (χ2n) is 3.77. The minimum absolute atomic E-state index is 0.688. The molecule has 2 heteroatoms. The molecule has 0 bridgehead atoms. The Kier molecular flexibility index (Phi) is 9.10. The highest BCUT2D eigenvalue weighted by atomic mass is 32.2. The van der Waals surface area contributed by atoms with Crippen molar-refractivity contribution in [3.63, 3.8) is 0 Å². The number of hydrogen-bond donors (Lipinski definition) is 1. The van der Waals surface area contributed by atoms with Gasteiger partial charge in [-0.2, -0.15) is 11.8 Å². The quantitative estimate of drug-likeness (QED) is 0.650. The Labute approximate surface area is 88.1 Å². The standard InChI is InChI=1S/C11H25NS/c1-5-11(6-2)9-12-10(3)7-8-13-4/h10-12H,5-9H2,1-4H3. The molecule has 0 aromatic rings. The summed E-state index contributed by atoms with van der Waals surface area (Å²) < 4.78 is 0. The van der Waals surface area contributed by atoms with Crippen LogP contribution in [-0.2, 0) is 0 Å². The highest BCUT2D eigenvalue weighted by Crippen LogP contribution is 2.06. The second-order valence-corrected chi connectivity index (χ2v) is 4.76. The molecule has 0 fully saturated rings. The van der Waals surface area contributed by atoms with Crippen molar-refractivity contribution >= 4 is 11.8 Å². The van der Waals surface area contributed by atoms with Crippen molar-refractivity contribution in [1.29, 1.82) is 0 Å². The van der Waals surface area contributed by atoms with E-state index in [1.165, 1.54) is 31.6 Å². The van der Waals surface area contributed by atoms with Gasteiger partial charge in [-0.3, -0.25) is 0 Å². The maximum absolute atomic E-state index is 3.61. The molecule has 0 aliphatic heterocycles. The van der Waals surface area contributed by atoms with Crippen LogP contribution in [0, 0.1) is 5.92 Å². The van der Waals surface area contributed by atoms with Crippen LogP contribution in [0.4, 0.5) is 0 Å². The summed E-state index contributed by atoms with van der Waals surface area (Å²) in [5, 5.41) is 3.61. The van der Waals surface area contributed by atoms with E-state index in [2.05, 4.69) is 32.3 Å². The van der Waals surface area contributed by atoms with E-state index in [-0.39, 0.29) is 0 Å². The van der Waals surface area contributed by atoms with Gasteiger partial charge in [0.05, 0.1) is 0 Å². The fourth-order valence-electron chi connectivity index (χ4n) is 1.34. The van der Waals surface area contributed by atoms with Gasteiger partial charge in [0.25, 0.3) is 0 Å². The Morgan fingerprint density at radius 2 is 1.85 bits per heavy atom. The zero-order valence-electron chi connectivity index (χ0n) is 9.60. The van der Waals surface area contributed by atoms with Crippen LogP contribution in [0.15, 0.2) is 0 Å². The Hall–Kier alpha value is 0.310. The maximum Gasteiger partial charge on any atom is 0.00466 e. The summed E-state index contributed by atoms with van der Waals surface area (Å²) in [5.41, 5.74) is 0. The zero-order valence-corrected chi connectivity index (χ0v) is 10.4. The predicted octanol–water partition coefficient (Wildman–Crippen LogP) is 3.15. The van der Waals surface area contributed by atoms with Gasteiger partial charge >= 0.3 is 0 Å². The van der Waals surface area contributed by atoms with Crippen molar-refractivity contribution in [3.8, 4) is 0 Å². The van der Waals surface area contributed by atoms with Crippen LogP contribution < -0.4 is 5.32 Å². The van der Waals surface area contributed by atoms with Crippen molar-refractivity contribution in [2.24, 2.45) is 5.92 Å². The molecule has 0 amide bonds. The highest BCUT2D eigenvalue weighted by molar-refractivity contribution is 7.98. The molecular formula is C11H25NS. The van der Waals surface area contributed by atoms with Gasteiger partial charge in [-0.25, -0.2) is 0 Å². The molecule has 0 radical (unpaired) electrons. The Morgan fingerprint density at radius 1 is 1.23 bits per heavy atom. The lowest BCUT2D eigenvalue weighted by Gasteiger charge is -2.18. The second kappa shape index (κ2) is 8.89. The van der Waals surface area contributed by atoms with E-state index in [1.54, 1.807) is 0 Å². The summed E-state index contributed by atoms with van der Waals surface area (Å²) in [6, 6.07) is 0.688.